The van der Waals surface area contributed by atoms with E-state index in [0.29, 0.717) is 17.3 Å². The number of hydrogen-bond acceptors (Lipinski definition) is 4. The summed E-state index contributed by atoms with van der Waals surface area (Å²) < 4.78 is 5.58. The predicted octanol–water partition coefficient (Wildman–Crippen LogP) is 5.35. The molecule has 0 amide bonds. The van der Waals surface area contributed by atoms with Crippen LogP contribution in [-0.4, -0.2) is 23.0 Å². The molecule has 0 aliphatic heterocycles. The molecule has 4 rings (SSSR count). The minimum absolute atomic E-state index is 0.129. The van der Waals surface area contributed by atoms with E-state index in [2.05, 4.69) is 25.1 Å². The number of nitrogens with zero attached hydrogens (tertiary/aromatic N) is 1. The van der Waals surface area contributed by atoms with E-state index in [9.17, 15) is 10.0 Å². The molecule has 27 heavy (non-hydrogen) atoms. The Kier molecular flexibility index (Phi) is 4.67. The number of carbonyl (C=O) groups excluding carboxylic acids is 1. The summed E-state index contributed by atoms with van der Waals surface area (Å²) in [5.41, 5.74) is 2.67. The van der Waals surface area contributed by atoms with Gasteiger partial charge in [0.25, 0.3) is 0 Å². The van der Waals surface area contributed by atoms with Gasteiger partial charge in [-0.1, -0.05) is 25.1 Å². The van der Waals surface area contributed by atoms with Crippen LogP contribution in [0.4, 0.5) is 0 Å². The number of esters is 1. The van der Waals surface area contributed by atoms with Gasteiger partial charge in [0, 0.05) is 6.92 Å². The minimum atomic E-state index is -0.129. The van der Waals surface area contributed by atoms with Crippen molar-refractivity contribution in [3.05, 3.63) is 11.6 Å². The standard InChI is InChI=1S/C23H35NO3/c1-14(24-26)19-7-8-20-18-6-5-16-13-17(27-15(2)25)9-11-22(16,3)21(18)10-12-23(19,20)4/h7,16-18,20-21,26H,5-6,8-13H2,1-4H3/b24-14-/t16-,17-,18+,20+,21+,22-,23+/m0/s1. The third-order valence-electron chi connectivity index (χ3n) is 9.07. The quantitative estimate of drug-likeness (QED) is 0.307. The molecule has 7 atom stereocenters. The summed E-state index contributed by atoms with van der Waals surface area (Å²) in [5, 5.41) is 12.9. The molecule has 0 aromatic rings. The van der Waals surface area contributed by atoms with E-state index in [4.69, 9.17) is 4.74 Å². The fraction of sp³-hybridized carbons (Fsp3) is 0.826. The second-order valence-corrected chi connectivity index (χ2v) is 10.2. The van der Waals surface area contributed by atoms with Crippen molar-refractivity contribution in [2.45, 2.75) is 85.2 Å². The summed E-state index contributed by atoms with van der Waals surface area (Å²) in [5.74, 6) is 2.81. The van der Waals surface area contributed by atoms with Crippen LogP contribution in [-0.2, 0) is 9.53 Å². The second-order valence-electron chi connectivity index (χ2n) is 10.2. The summed E-state index contributed by atoms with van der Waals surface area (Å²) in [6.07, 6.45) is 11.9. The topological polar surface area (TPSA) is 58.9 Å². The van der Waals surface area contributed by atoms with Gasteiger partial charge in [-0.25, -0.2) is 0 Å². The van der Waals surface area contributed by atoms with Crippen LogP contribution >= 0.6 is 0 Å². The highest BCUT2D eigenvalue weighted by Crippen LogP contribution is 2.66. The van der Waals surface area contributed by atoms with Gasteiger partial charge in [-0.05, 0) is 98.4 Å². The van der Waals surface area contributed by atoms with E-state index in [1.807, 2.05) is 6.92 Å². The van der Waals surface area contributed by atoms with Crippen molar-refractivity contribution in [3.8, 4) is 0 Å². The lowest BCUT2D eigenvalue weighted by Crippen LogP contribution is -2.54. The van der Waals surface area contributed by atoms with Gasteiger partial charge in [-0.15, -0.1) is 0 Å². The molecule has 150 valence electrons. The van der Waals surface area contributed by atoms with Gasteiger partial charge in [0.05, 0.1) is 5.71 Å². The average Bonchev–Trinajstić information content (AvgIpc) is 2.98. The molecule has 4 nitrogen and oxygen atoms in total. The van der Waals surface area contributed by atoms with E-state index < -0.39 is 0 Å². The zero-order valence-electron chi connectivity index (χ0n) is 17.3. The molecule has 4 aliphatic rings. The van der Waals surface area contributed by atoms with Gasteiger partial charge in [0.1, 0.15) is 6.10 Å². The molecule has 0 radical (unpaired) electrons. The van der Waals surface area contributed by atoms with Crippen molar-refractivity contribution < 1.29 is 14.7 Å². The first-order valence-electron chi connectivity index (χ1n) is 10.9. The largest absolute Gasteiger partial charge is 0.463 e. The van der Waals surface area contributed by atoms with E-state index in [1.165, 1.54) is 44.6 Å². The molecule has 0 saturated heterocycles. The highest BCUT2D eigenvalue weighted by molar-refractivity contribution is 5.99. The van der Waals surface area contributed by atoms with Crippen molar-refractivity contribution in [1.29, 1.82) is 0 Å². The lowest BCUT2D eigenvalue weighted by molar-refractivity contribution is -0.158. The Balaban J connectivity index is 1.54. The van der Waals surface area contributed by atoms with Crippen LogP contribution in [0.5, 0.6) is 0 Å². The number of oxime groups is 1. The molecule has 4 heteroatoms. The van der Waals surface area contributed by atoms with Crippen molar-refractivity contribution in [1.82, 2.24) is 0 Å². The van der Waals surface area contributed by atoms with Crippen LogP contribution in [0.3, 0.4) is 0 Å². The summed E-state index contributed by atoms with van der Waals surface area (Å²) in [7, 11) is 0. The van der Waals surface area contributed by atoms with E-state index in [-0.39, 0.29) is 17.5 Å². The number of rotatable bonds is 2. The van der Waals surface area contributed by atoms with Gasteiger partial charge in [-0.2, -0.15) is 0 Å². The Morgan fingerprint density at radius 3 is 2.63 bits per heavy atom. The normalized spacial score (nSPS) is 46.7. The van der Waals surface area contributed by atoms with Crippen LogP contribution < -0.4 is 0 Å². The number of ether oxygens (including phenoxy) is 1. The first-order valence-corrected chi connectivity index (χ1v) is 10.9. The average molecular weight is 374 g/mol. The molecule has 4 aliphatic carbocycles. The first kappa shape index (κ1) is 19.0. The molecular weight excluding hydrogens is 338 g/mol. The van der Waals surface area contributed by atoms with E-state index in [1.54, 1.807) is 0 Å². The lowest BCUT2D eigenvalue weighted by Gasteiger charge is -2.60. The Morgan fingerprint density at radius 1 is 1.15 bits per heavy atom. The smallest absolute Gasteiger partial charge is 0.302 e. The molecule has 3 saturated carbocycles. The molecule has 0 heterocycles. The van der Waals surface area contributed by atoms with Gasteiger partial charge in [-0.3, -0.25) is 4.79 Å². The Bertz CT molecular complexity index is 683. The van der Waals surface area contributed by atoms with Gasteiger partial charge < -0.3 is 9.94 Å². The van der Waals surface area contributed by atoms with Crippen LogP contribution in [0, 0.1) is 34.5 Å². The first-order chi connectivity index (χ1) is 12.8. The number of allylic oxidation sites excluding steroid dienone is 2. The second kappa shape index (κ2) is 6.63. The Hall–Kier alpha value is -1.32. The Labute approximate surface area is 163 Å². The van der Waals surface area contributed by atoms with Crippen LogP contribution in [0.15, 0.2) is 16.8 Å². The fourth-order valence-electron chi connectivity index (χ4n) is 7.74. The van der Waals surface area contributed by atoms with Crippen molar-refractivity contribution in [2.75, 3.05) is 0 Å². The SMILES string of the molecule is CC(=O)O[C@H]1CC[C@@]2(C)[C@@H](CC[C@H]3[C@H]2CC[C@]2(C)C(/C(C)=N\O)=CC[C@H]32)C1. The van der Waals surface area contributed by atoms with Crippen LogP contribution in [0.25, 0.3) is 0 Å². The summed E-state index contributed by atoms with van der Waals surface area (Å²) in [4.78, 5) is 11.4. The summed E-state index contributed by atoms with van der Waals surface area (Å²) in [6.45, 7) is 8.42. The van der Waals surface area contributed by atoms with Crippen molar-refractivity contribution >= 4 is 11.7 Å². The highest BCUT2D eigenvalue weighted by atomic mass is 16.5. The Morgan fingerprint density at radius 2 is 1.93 bits per heavy atom. The fourth-order valence-corrected chi connectivity index (χ4v) is 7.74. The maximum atomic E-state index is 11.4. The number of carbonyl (C=O) groups is 1. The summed E-state index contributed by atoms with van der Waals surface area (Å²) >= 11 is 0. The maximum absolute atomic E-state index is 11.4. The van der Waals surface area contributed by atoms with Crippen molar-refractivity contribution in [3.63, 3.8) is 0 Å². The number of fused-ring (bicyclic) bond motifs is 5. The van der Waals surface area contributed by atoms with Gasteiger partial charge >= 0.3 is 5.97 Å². The third kappa shape index (κ3) is 2.86. The molecule has 0 unspecified atom stereocenters. The maximum Gasteiger partial charge on any atom is 0.302 e. The lowest BCUT2D eigenvalue weighted by atomic mass is 9.44. The molecule has 0 aromatic carbocycles. The monoisotopic (exact) mass is 373 g/mol. The molecule has 0 bridgehead atoms. The molecule has 3 fully saturated rings. The van der Waals surface area contributed by atoms with Crippen molar-refractivity contribution in [2.24, 2.45) is 39.7 Å². The predicted molar refractivity (Wildman–Crippen MR) is 106 cm³/mol. The molecule has 0 aromatic heterocycles. The summed E-state index contributed by atoms with van der Waals surface area (Å²) in [6, 6.07) is 0. The van der Waals surface area contributed by atoms with Crippen LogP contribution in [0.1, 0.15) is 79.1 Å². The minimum Gasteiger partial charge on any atom is -0.463 e. The van der Waals surface area contributed by atoms with E-state index in [0.717, 1.165) is 36.8 Å². The van der Waals surface area contributed by atoms with Gasteiger partial charge in [0.2, 0.25) is 0 Å². The zero-order chi connectivity index (χ0) is 19.4. The molecular formula is C23H35NO3. The van der Waals surface area contributed by atoms with Gasteiger partial charge in [0.15, 0.2) is 0 Å². The molecule has 0 spiro atoms. The molecule has 1 N–H and O–H groups in total. The zero-order valence-corrected chi connectivity index (χ0v) is 17.3. The number of hydrogen-bond donors (Lipinski definition) is 1. The highest BCUT2D eigenvalue weighted by Gasteiger charge is 2.59. The van der Waals surface area contributed by atoms with E-state index >= 15 is 0 Å². The third-order valence-corrected chi connectivity index (χ3v) is 9.07. The van der Waals surface area contributed by atoms with Crippen LogP contribution in [0.2, 0.25) is 0 Å².